The smallest absolute Gasteiger partial charge is 0.204 e. The Morgan fingerprint density at radius 3 is 2.58 bits per heavy atom. The first-order valence-electron chi connectivity index (χ1n) is 3.75. The molecule has 0 saturated carbocycles. The molecular formula is C9H11NOSi. The van der Waals surface area contributed by atoms with Gasteiger partial charge < -0.3 is 4.43 Å². The quantitative estimate of drug-likeness (QED) is 0.595. The number of aryl methyl sites for hydroxylation is 1. The van der Waals surface area contributed by atoms with E-state index in [0.717, 1.165) is 11.1 Å². The second-order valence-electron chi connectivity index (χ2n) is 2.70. The zero-order valence-electron chi connectivity index (χ0n) is 7.51. The summed E-state index contributed by atoms with van der Waals surface area (Å²) in [6.07, 6.45) is 0. The van der Waals surface area contributed by atoms with Crippen molar-refractivity contribution in [2.24, 2.45) is 0 Å². The van der Waals surface area contributed by atoms with Crippen LogP contribution in [0.15, 0.2) is 12.1 Å². The topological polar surface area (TPSA) is 33.0 Å². The maximum absolute atomic E-state index is 8.84. The van der Waals surface area contributed by atoms with E-state index in [-0.39, 0.29) is 0 Å². The lowest BCUT2D eigenvalue weighted by atomic mass is 10.0. The SMILES string of the molecule is Cc1ccc(O[SiH3])c(C#N)c1C. The van der Waals surface area contributed by atoms with Gasteiger partial charge in [-0.05, 0) is 31.0 Å². The van der Waals surface area contributed by atoms with Gasteiger partial charge in [0.15, 0.2) is 0 Å². The molecule has 62 valence electrons. The van der Waals surface area contributed by atoms with Crippen molar-refractivity contribution in [1.82, 2.24) is 0 Å². The molecule has 1 aromatic carbocycles. The zero-order chi connectivity index (χ0) is 9.14. The highest BCUT2D eigenvalue weighted by atomic mass is 28.2. The number of hydrogen-bond acceptors (Lipinski definition) is 2. The van der Waals surface area contributed by atoms with Crippen LogP contribution in [-0.4, -0.2) is 10.5 Å². The first-order valence-corrected chi connectivity index (χ1v) is 4.56. The number of rotatable bonds is 1. The van der Waals surface area contributed by atoms with Gasteiger partial charge in [-0.25, -0.2) is 0 Å². The molecule has 0 bridgehead atoms. The average Bonchev–Trinajstić information content (AvgIpc) is 2.09. The predicted molar refractivity (Wildman–Crippen MR) is 51.2 cm³/mol. The van der Waals surface area contributed by atoms with Crippen molar-refractivity contribution in [3.8, 4) is 11.8 Å². The summed E-state index contributed by atoms with van der Waals surface area (Å²) >= 11 is 0. The molecule has 0 N–H and O–H groups in total. The molecule has 0 aliphatic heterocycles. The molecule has 0 aromatic heterocycles. The van der Waals surface area contributed by atoms with Crippen molar-refractivity contribution in [3.05, 3.63) is 28.8 Å². The van der Waals surface area contributed by atoms with Crippen LogP contribution in [0.5, 0.6) is 5.75 Å². The Morgan fingerprint density at radius 1 is 1.42 bits per heavy atom. The lowest BCUT2D eigenvalue weighted by molar-refractivity contribution is 0.612. The van der Waals surface area contributed by atoms with Crippen LogP contribution in [-0.2, 0) is 0 Å². The zero-order valence-corrected chi connectivity index (χ0v) is 9.51. The van der Waals surface area contributed by atoms with Crippen LogP contribution in [0.2, 0.25) is 0 Å². The summed E-state index contributed by atoms with van der Waals surface area (Å²) in [6.45, 7) is 3.94. The van der Waals surface area contributed by atoms with Crippen molar-refractivity contribution in [3.63, 3.8) is 0 Å². The lowest BCUT2D eigenvalue weighted by Gasteiger charge is -2.07. The summed E-state index contributed by atoms with van der Waals surface area (Å²) in [6, 6.07) is 5.98. The molecule has 0 saturated heterocycles. The van der Waals surface area contributed by atoms with Gasteiger partial charge in [0.05, 0.1) is 5.56 Å². The highest BCUT2D eigenvalue weighted by molar-refractivity contribution is 6.00. The molecule has 0 spiro atoms. The van der Waals surface area contributed by atoms with Gasteiger partial charge in [0.1, 0.15) is 11.8 Å². The van der Waals surface area contributed by atoms with Gasteiger partial charge in [0.2, 0.25) is 10.5 Å². The molecule has 0 unspecified atom stereocenters. The number of nitriles is 1. The summed E-state index contributed by atoms with van der Waals surface area (Å²) in [5.74, 6) is 0.715. The Balaban J connectivity index is 3.38. The van der Waals surface area contributed by atoms with Crippen LogP contribution < -0.4 is 4.43 Å². The first kappa shape index (κ1) is 8.82. The van der Waals surface area contributed by atoms with Crippen LogP contribution in [0.25, 0.3) is 0 Å². The predicted octanol–water partition coefficient (Wildman–Crippen LogP) is 0.834. The third-order valence-electron chi connectivity index (χ3n) is 2.03. The van der Waals surface area contributed by atoms with Gasteiger partial charge in [-0.3, -0.25) is 0 Å². The van der Waals surface area contributed by atoms with Crippen molar-refractivity contribution in [1.29, 1.82) is 5.26 Å². The molecule has 0 atom stereocenters. The summed E-state index contributed by atoms with van der Waals surface area (Å²) in [5, 5.41) is 8.84. The monoisotopic (exact) mass is 177 g/mol. The van der Waals surface area contributed by atoms with Crippen molar-refractivity contribution in [2.45, 2.75) is 13.8 Å². The third-order valence-corrected chi connectivity index (χ3v) is 2.47. The van der Waals surface area contributed by atoms with E-state index < -0.39 is 0 Å². The number of hydrogen-bond donors (Lipinski definition) is 0. The molecule has 3 heteroatoms. The molecule has 0 aliphatic carbocycles. The van der Waals surface area contributed by atoms with E-state index in [0.29, 0.717) is 21.8 Å². The van der Waals surface area contributed by atoms with E-state index in [2.05, 4.69) is 6.07 Å². The van der Waals surface area contributed by atoms with Crippen LogP contribution in [0.1, 0.15) is 16.7 Å². The molecule has 0 heterocycles. The summed E-state index contributed by atoms with van der Waals surface area (Å²) in [5.41, 5.74) is 2.82. The molecule has 0 radical (unpaired) electrons. The fraction of sp³-hybridized carbons (Fsp3) is 0.222. The second-order valence-corrected chi connectivity index (χ2v) is 3.10. The van der Waals surface area contributed by atoms with E-state index >= 15 is 0 Å². The van der Waals surface area contributed by atoms with E-state index in [1.807, 2.05) is 26.0 Å². The van der Waals surface area contributed by atoms with E-state index in [9.17, 15) is 0 Å². The highest BCUT2D eigenvalue weighted by Gasteiger charge is 2.06. The van der Waals surface area contributed by atoms with E-state index in [1.54, 1.807) is 0 Å². The minimum atomic E-state index is 0.624. The highest BCUT2D eigenvalue weighted by Crippen LogP contribution is 2.22. The van der Waals surface area contributed by atoms with Gasteiger partial charge in [0.25, 0.3) is 0 Å². The fourth-order valence-electron chi connectivity index (χ4n) is 1.10. The lowest BCUT2D eigenvalue weighted by Crippen LogP contribution is -1.94. The average molecular weight is 177 g/mol. The molecule has 1 aromatic rings. The fourth-order valence-corrected chi connectivity index (χ4v) is 1.44. The summed E-state index contributed by atoms with van der Waals surface area (Å²) in [4.78, 5) is 0. The Kier molecular flexibility index (Phi) is 2.51. The Morgan fingerprint density at radius 2 is 2.08 bits per heavy atom. The minimum absolute atomic E-state index is 0.624. The van der Waals surface area contributed by atoms with Crippen LogP contribution in [0.3, 0.4) is 0 Å². The van der Waals surface area contributed by atoms with Gasteiger partial charge in [-0.15, -0.1) is 0 Å². The molecule has 0 aliphatic rings. The van der Waals surface area contributed by atoms with Crippen LogP contribution in [0.4, 0.5) is 0 Å². The molecule has 12 heavy (non-hydrogen) atoms. The first-order chi connectivity index (χ1) is 5.70. The Hall–Kier alpha value is -1.27. The van der Waals surface area contributed by atoms with E-state index in [4.69, 9.17) is 9.69 Å². The van der Waals surface area contributed by atoms with Crippen LogP contribution in [0, 0.1) is 25.2 Å². The standard InChI is InChI=1S/C9H11NOSi/c1-6-3-4-9(11-12)8(5-10)7(6)2/h3-4H,1-2,12H3. The molecule has 2 nitrogen and oxygen atoms in total. The maximum Gasteiger partial charge on any atom is 0.204 e. The third kappa shape index (κ3) is 1.34. The van der Waals surface area contributed by atoms with Gasteiger partial charge in [-0.1, -0.05) is 6.07 Å². The molecular weight excluding hydrogens is 166 g/mol. The minimum Gasteiger partial charge on any atom is -0.552 e. The van der Waals surface area contributed by atoms with Gasteiger partial charge in [0, 0.05) is 0 Å². The van der Waals surface area contributed by atoms with Crippen LogP contribution >= 0.6 is 0 Å². The molecule has 0 amide bonds. The summed E-state index contributed by atoms with van der Waals surface area (Å²) in [7, 11) is 0.624. The molecule has 0 fully saturated rings. The van der Waals surface area contributed by atoms with Crippen molar-refractivity contribution in [2.75, 3.05) is 0 Å². The second kappa shape index (κ2) is 3.42. The van der Waals surface area contributed by atoms with E-state index in [1.165, 1.54) is 0 Å². The number of nitrogens with zero attached hydrogens (tertiary/aromatic N) is 1. The van der Waals surface area contributed by atoms with Crippen molar-refractivity contribution >= 4 is 10.5 Å². The largest absolute Gasteiger partial charge is 0.552 e. The number of benzene rings is 1. The van der Waals surface area contributed by atoms with Gasteiger partial charge in [-0.2, -0.15) is 5.26 Å². The Labute approximate surface area is 75.3 Å². The Bertz CT molecular complexity index is 341. The normalized spacial score (nSPS) is 9.42. The van der Waals surface area contributed by atoms with Gasteiger partial charge >= 0.3 is 0 Å². The maximum atomic E-state index is 8.84. The van der Waals surface area contributed by atoms with Crippen molar-refractivity contribution < 1.29 is 4.43 Å². The molecule has 1 rings (SSSR count). The summed E-state index contributed by atoms with van der Waals surface area (Å²) < 4.78 is 5.19.